The average Bonchev–Trinajstić information content (AvgIpc) is 2.98. The van der Waals surface area contributed by atoms with Gasteiger partial charge in [-0.15, -0.1) is 0 Å². The van der Waals surface area contributed by atoms with Crippen molar-refractivity contribution in [2.45, 2.75) is 30.6 Å². The summed E-state index contributed by atoms with van der Waals surface area (Å²) in [5.41, 5.74) is 1.95. The van der Waals surface area contributed by atoms with Crippen molar-refractivity contribution >= 4 is 49.7 Å². The minimum Gasteiger partial charge on any atom is -0.370 e. The maximum absolute atomic E-state index is 12.0. The Morgan fingerprint density at radius 1 is 1.12 bits per heavy atom. The first kappa shape index (κ1) is 16.5. The highest BCUT2D eigenvalue weighted by molar-refractivity contribution is 8.15. The average molecular weight is 386 g/mol. The summed E-state index contributed by atoms with van der Waals surface area (Å²) in [5, 5.41) is 9.46. The van der Waals surface area contributed by atoms with Gasteiger partial charge in [-0.1, -0.05) is 23.4 Å². The summed E-state index contributed by atoms with van der Waals surface area (Å²) >= 11 is 7.62. The van der Waals surface area contributed by atoms with E-state index in [9.17, 15) is 8.42 Å². The van der Waals surface area contributed by atoms with Crippen LogP contribution in [0.2, 0.25) is 5.02 Å². The van der Waals surface area contributed by atoms with Crippen LogP contribution in [0.5, 0.6) is 0 Å². The van der Waals surface area contributed by atoms with Crippen LogP contribution in [0, 0.1) is 5.41 Å². The Kier molecular flexibility index (Phi) is 4.21. The van der Waals surface area contributed by atoms with Gasteiger partial charge in [-0.3, -0.25) is 5.41 Å². The first-order valence-corrected chi connectivity index (χ1v) is 11.3. The maximum Gasteiger partial charge on any atom is 0.161 e. The number of sulfone groups is 1. The predicted octanol–water partition coefficient (Wildman–Crippen LogP) is 2.98. The molecule has 4 rings (SSSR count). The number of piperidine rings is 1. The van der Waals surface area contributed by atoms with E-state index in [0.29, 0.717) is 10.2 Å². The molecule has 0 bridgehead atoms. The van der Waals surface area contributed by atoms with Gasteiger partial charge < -0.3 is 9.80 Å². The van der Waals surface area contributed by atoms with E-state index in [1.165, 1.54) is 18.2 Å². The fourth-order valence-electron chi connectivity index (χ4n) is 3.88. The molecule has 8 heteroatoms. The Bertz CT molecular complexity index is 778. The van der Waals surface area contributed by atoms with Crippen LogP contribution in [-0.4, -0.2) is 49.5 Å². The van der Waals surface area contributed by atoms with E-state index >= 15 is 0 Å². The van der Waals surface area contributed by atoms with Gasteiger partial charge in [0.2, 0.25) is 0 Å². The molecular weight excluding hydrogens is 366 g/mol. The zero-order valence-corrected chi connectivity index (χ0v) is 15.6. The minimum absolute atomic E-state index is 0.0348. The summed E-state index contributed by atoms with van der Waals surface area (Å²) in [5.74, 6) is 0.308. The van der Waals surface area contributed by atoms with Crippen LogP contribution < -0.4 is 9.80 Å². The lowest BCUT2D eigenvalue weighted by Crippen LogP contribution is -2.39. The first-order chi connectivity index (χ1) is 11.4. The quantitative estimate of drug-likeness (QED) is 0.847. The SMILES string of the molecule is N=C1S[C@H]2CS(=O)(=O)C[C@@H]2N1c1ccc(Cl)cc1N1CCCCC1. The molecule has 3 saturated heterocycles. The number of hydrogen-bond donors (Lipinski definition) is 1. The Morgan fingerprint density at radius 2 is 1.88 bits per heavy atom. The normalized spacial score (nSPS) is 29.1. The van der Waals surface area contributed by atoms with Gasteiger partial charge in [0.25, 0.3) is 0 Å². The summed E-state index contributed by atoms with van der Waals surface area (Å²) in [4.78, 5) is 4.24. The highest BCUT2D eigenvalue weighted by Crippen LogP contribution is 2.44. The van der Waals surface area contributed by atoms with Crippen molar-refractivity contribution in [1.82, 2.24) is 0 Å². The number of thioether (sulfide) groups is 1. The predicted molar refractivity (Wildman–Crippen MR) is 102 cm³/mol. The lowest BCUT2D eigenvalue weighted by molar-refractivity contribution is 0.577. The number of anilines is 2. The van der Waals surface area contributed by atoms with Gasteiger partial charge >= 0.3 is 0 Å². The molecule has 3 aliphatic rings. The summed E-state index contributed by atoms with van der Waals surface area (Å²) < 4.78 is 24.1. The highest BCUT2D eigenvalue weighted by atomic mass is 35.5. The number of amidine groups is 1. The lowest BCUT2D eigenvalue weighted by Gasteiger charge is -2.34. The van der Waals surface area contributed by atoms with E-state index in [0.717, 1.165) is 37.3 Å². The van der Waals surface area contributed by atoms with Crippen LogP contribution in [0.1, 0.15) is 19.3 Å². The van der Waals surface area contributed by atoms with Crippen molar-refractivity contribution in [2.75, 3.05) is 34.4 Å². The standard InChI is InChI=1S/C16H20ClN3O2S2/c17-11-4-5-12(13(8-11)19-6-2-1-3-7-19)20-14-9-24(21,22)10-15(14)23-16(20)18/h4-5,8,14-15,18H,1-3,6-7,9-10H2/t14-,15-/m0/s1. The van der Waals surface area contributed by atoms with Gasteiger partial charge in [-0.2, -0.15) is 0 Å². The Balaban J connectivity index is 1.74. The molecule has 1 aromatic rings. The van der Waals surface area contributed by atoms with Crippen LogP contribution in [0.25, 0.3) is 0 Å². The highest BCUT2D eigenvalue weighted by Gasteiger charge is 2.49. The molecule has 2 atom stereocenters. The third-order valence-electron chi connectivity index (χ3n) is 4.98. The lowest BCUT2D eigenvalue weighted by atomic mass is 10.1. The van der Waals surface area contributed by atoms with E-state index in [1.807, 2.05) is 23.1 Å². The van der Waals surface area contributed by atoms with Crippen molar-refractivity contribution in [3.63, 3.8) is 0 Å². The second kappa shape index (κ2) is 6.11. The fourth-order valence-corrected chi connectivity index (χ4v) is 7.83. The minimum atomic E-state index is -3.01. The molecule has 0 aromatic heterocycles. The Hall–Kier alpha value is -0.920. The molecule has 0 saturated carbocycles. The molecular formula is C16H20ClN3O2S2. The fraction of sp³-hybridized carbons (Fsp3) is 0.562. The van der Waals surface area contributed by atoms with Crippen molar-refractivity contribution in [1.29, 1.82) is 5.41 Å². The third-order valence-corrected chi connectivity index (χ3v) is 8.35. The molecule has 24 heavy (non-hydrogen) atoms. The number of hydrogen-bond acceptors (Lipinski definition) is 5. The molecule has 0 spiro atoms. The van der Waals surface area contributed by atoms with Crippen LogP contribution in [-0.2, 0) is 9.84 Å². The van der Waals surface area contributed by atoms with Gasteiger partial charge in [0.15, 0.2) is 15.0 Å². The topological polar surface area (TPSA) is 64.5 Å². The second-order valence-corrected chi connectivity index (χ2v) is 10.5. The van der Waals surface area contributed by atoms with Crippen molar-refractivity contribution in [3.05, 3.63) is 23.2 Å². The molecule has 5 nitrogen and oxygen atoms in total. The van der Waals surface area contributed by atoms with Gasteiger partial charge in [0.1, 0.15) is 0 Å². The van der Waals surface area contributed by atoms with Gasteiger partial charge in [0.05, 0.1) is 28.9 Å². The number of fused-ring (bicyclic) bond motifs is 1. The number of nitrogens with zero attached hydrogens (tertiary/aromatic N) is 2. The molecule has 130 valence electrons. The van der Waals surface area contributed by atoms with Gasteiger partial charge in [-0.25, -0.2) is 8.42 Å². The molecule has 3 heterocycles. The number of benzene rings is 1. The molecule has 0 radical (unpaired) electrons. The van der Waals surface area contributed by atoms with Crippen LogP contribution >= 0.6 is 23.4 Å². The number of rotatable bonds is 2. The van der Waals surface area contributed by atoms with Crippen LogP contribution in [0.4, 0.5) is 11.4 Å². The summed E-state index contributed by atoms with van der Waals surface area (Å²) in [6, 6.07) is 5.59. The molecule has 0 aliphatic carbocycles. The zero-order valence-electron chi connectivity index (χ0n) is 13.2. The molecule has 3 aliphatic heterocycles. The summed E-state index contributed by atoms with van der Waals surface area (Å²) in [6.45, 7) is 1.96. The maximum atomic E-state index is 12.0. The van der Waals surface area contributed by atoms with Crippen LogP contribution in [0.15, 0.2) is 18.2 Å². The van der Waals surface area contributed by atoms with Crippen molar-refractivity contribution in [3.8, 4) is 0 Å². The smallest absolute Gasteiger partial charge is 0.161 e. The van der Waals surface area contributed by atoms with E-state index in [1.54, 1.807) is 0 Å². The monoisotopic (exact) mass is 385 g/mol. The van der Waals surface area contributed by atoms with E-state index in [-0.39, 0.29) is 22.8 Å². The van der Waals surface area contributed by atoms with Gasteiger partial charge in [-0.05, 0) is 37.5 Å². The summed E-state index contributed by atoms with van der Waals surface area (Å²) in [6.07, 6.45) is 3.54. The third kappa shape index (κ3) is 2.91. The molecule has 3 fully saturated rings. The summed E-state index contributed by atoms with van der Waals surface area (Å²) in [7, 11) is -3.01. The first-order valence-electron chi connectivity index (χ1n) is 8.24. The van der Waals surface area contributed by atoms with E-state index < -0.39 is 9.84 Å². The second-order valence-electron chi connectivity index (χ2n) is 6.66. The number of nitrogens with one attached hydrogen (secondary N) is 1. The van der Waals surface area contributed by atoms with Gasteiger partial charge in [0, 0.05) is 23.4 Å². The Morgan fingerprint density at radius 3 is 2.62 bits per heavy atom. The number of halogens is 1. The molecule has 0 amide bonds. The molecule has 1 aromatic carbocycles. The van der Waals surface area contributed by atoms with Crippen molar-refractivity contribution < 1.29 is 8.42 Å². The van der Waals surface area contributed by atoms with Crippen LogP contribution in [0.3, 0.4) is 0 Å². The van der Waals surface area contributed by atoms with Crippen molar-refractivity contribution in [2.24, 2.45) is 0 Å². The zero-order chi connectivity index (χ0) is 16.9. The molecule has 0 unspecified atom stereocenters. The van der Waals surface area contributed by atoms with E-state index in [4.69, 9.17) is 17.0 Å². The van der Waals surface area contributed by atoms with E-state index in [2.05, 4.69) is 4.90 Å². The Labute approximate surface area is 151 Å². The molecule has 1 N–H and O–H groups in total. The largest absolute Gasteiger partial charge is 0.370 e.